The van der Waals surface area contributed by atoms with Gasteiger partial charge in [0.15, 0.2) is 5.17 Å². The van der Waals surface area contributed by atoms with E-state index in [-0.39, 0.29) is 5.54 Å². The third-order valence-corrected chi connectivity index (χ3v) is 5.88. The van der Waals surface area contributed by atoms with E-state index in [2.05, 4.69) is 5.32 Å². The van der Waals surface area contributed by atoms with Gasteiger partial charge in [0.1, 0.15) is 5.75 Å². The van der Waals surface area contributed by atoms with Crippen molar-refractivity contribution >= 4 is 34.2 Å². The Bertz CT molecular complexity index is 568. The summed E-state index contributed by atoms with van der Waals surface area (Å²) < 4.78 is 5.42. The van der Waals surface area contributed by atoms with Crippen LogP contribution in [0.2, 0.25) is 5.02 Å². The summed E-state index contributed by atoms with van der Waals surface area (Å²) in [6.07, 6.45) is 6.42. The number of thioether (sulfide) groups is 1. The molecule has 1 aromatic rings. The van der Waals surface area contributed by atoms with E-state index >= 15 is 0 Å². The first-order valence-corrected chi connectivity index (χ1v) is 8.82. The molecule has 0 amide bonds. The highest BCUT2D eigenvalue weighted by Gasteiger charge is 2.36. The molecular weight excluding hydrogens is 304 g/mol. The first-order valence-electron chi connectivity index (χ1n) is 7.46. The number of anilines is 1. The van der Waals surface area contributed by atoms with Crippen LogP contribution in [0.4, 0.5) is 5.69 Å². The number of aryl methyl sites for hydroxylation is 1. The van der Waals surface area contributed by atoms with Crippen LogP contribution in [0.1, 0.15) is 37.7 Å². The quantitative estimate of drug-likeness (QED) is 0.842. The summed E-state index contributed by atoms with van der Waals surface area (Å²) in [4.78, 5) is 4.98. The molecule has 114 valence electrons. The van der Waals surface area contributed by atoms with Crippen LogP contribution < -0.4 is 10.1 Å². The van der Waals surface area contributed by atoms with Gasteiger partial charge in [-0.25, -0.2) is 0 Å². The molecule has 0 bridgehead atoms. The summed E-state index contributed by atoms with van der Waals surface area (Å²) >= 11 is 7.98. The van der Waals surface area contributed by atoms with Crippen molar-refractivity contribution in [3.05, 3.63) is 22.7 Å². The van der Waals surface area contributed by atoms with E-state index in [4.69, 9.17) is 21.3 Å². The lowest BCUT2D eigenvalue weighted by molar-refractivity contribution is 0.335. The van der Waals surface area contributed by atoms with Crippen molar-refractivity contribution in [2.75, 3.05) is 18.2 Å². The predicted molar refractivity (Wildman–Crippen MR) is 92.1 cm³/mol. The zero-order chi connectivity index (χ0) is 14.9. The van der Waals surface area contributed by atoms with Gasteiger partial charge in [0.05, 0.1) is 18.3 Å². The van der Waals surface area contributed by atoms with Gasteiger partial charge >= 0.3 is 0 Å². The van der Waals surface area contributed by atoms with Crippen molar-refractivity contribution in [1.29, 1.82) is 0 Å². The number of nitrogens with one attached hydrogen (secondary N) is 1. The Morgan fingerprint density at radius 3 is 2.76 bits per heavy atom. The molecule has 0 aromatic heterocycles. The summed E-state index contributed by atoms with van der Waals surface area (Å²) in [5.74, 6) is 1.86. The maximum Gasteiger partial charge on any atom is 0.161 e. The summed E-state index contributed by atoms with van der Waals surface area (Å²) in [5.41, 5.74) is 2.16. The van der Waals surface area contributed by atoms with Crippen molar-refractivity contribution in [1.82, 2.24) is 0 Å². The minimum absolute atomic E-state index is 0.181. The third kappa shape index (κ3) is 3.16. The lowest BCUT2D eigenvalue weighted by Gasteiger charge is -2.29. The fraction of sp³-hybridized carbons (Fsp3) is 0.562. The zero-order valence-corrected chi connectivity index (χ0v) is 14.1. The van der Waals surface area contributed by atoms with E-state index in [9.17, 15) is 0 Å². The number of hydrogen-bond donors (Lipinski definition) is 1. The normalized spacial score (nSPS) is 20.4. The molecule has 3 rings (SSSR count). The number of ether oxygens (including phenoxy) is 1. The van der Waals surface area contributed by atoms with Crippen LogP contribution in [0.25, 0.3) is 0 Å². The van der Waals surface area contributed by atoms with Crippen LogP contribution in [0.5, 0.6) is 5.75 Å². The Morgan fingerprint density at radius 2 is 2.05 bits per heavy atom. The van der Waals surface area contributed by atoms with Gasteiger partial charge in [-0.15, -0.1) is 0 Å². The first kappa shape index (κ1) is 15.0. The molecule has 1 heterocycles. The number of rotatable bonds is 2. The fourth-order valence-electron chi connectivity index (χ4n) is 3.06. The van der Waals surface area contributed by atoms with Gasteiger partial charge in [0.2, 0.25) is 0 Å². The Labute approximate surface area is 135 Å². The van der Waals surface area contributed by atoms with E-state index < -0.39 is 0 Å². The molecule has 1 fully saturated rings. The minimum Gasteiger partial charge on any atom is -0.495 e. The van der Waals surface area contributed by atoms with Gasteiger partial charge in [0, 0.05) is 16.8 Å². The molecule has 1 spiro atoms. The molecule has 0 unspecified atom stereocenters. The second-order valence-corrected chi connectivity index (χ2v) is 7.29. The fourth-order valence-corrected chi connectivity index (χ4v) is 4.41. The highest BCUT2D eigenvalue weighted by Crippen LogP contribution is 2.41. The third-order valence-electron chi connectivity index (χ3n) is 4.32. The molecule has 5 heteroatoms. The molecule has 3 nitrogen and oxygen atoms in total. The highest BCUT2D eigenvalue weighted by atomic mass is 35.5. The molecule has 21 heavy (non-hydrogen) atoms. The van der Waals surface area contributed by atoms with E-state index in [1.807, 2.05) is 30.8 Å². The van der Waals surface area contributed by atoms with Gasteiger partial charge in [-0.05, 0) is 31.4 Å². The second-order valence-electron chi connectivity index (χ2n) is 5.92. The zero-order valence-electron chi connectivity index (χ0n) is 12.5. The van der Waals surface area contributed by atoms with E-state index in [1.54, 1.807) is 7.11 Å². The van der Waals surface area contributed by atoms with Crippen LogP contribution in [0.15, 0.2) is 17.1 Å². The molecule has 0 saturated heterocycles. The molecule has 1 aromatic carbocycles. The van der Waals surface area contributed by atoms with Crippen molar-refractivity contribution in [2.24, 2.45) is 4.99 Å². The maximum atomic E-state index is 6.15. The van der Waals surface area contributed by atoms with Gasteiger partial charge < -0.3 is 10.1 Å². The van der Waals surface area contributed by atoms with E-state index in [0.717, 1.165) is 32.9 Å². The second kappa shape index (κ2) is 6.09. The Hall–Kier alpha value is -0.870. The summed E-state index contributed by atoms with van der Waals surface area (Å²) in [6.45, 7) is 2.00. The molecular formula is C16H21ClN2OS. The number of benzene rings is 1. The van der Waals surface area contributed by atoms with Crippen molar-refractivity contribution in [2.45, 2.75) is 44.6 Å². The van der Waals surface area contributed by atoms with Crippen LogP contribution in [0, 0.1) is 6.92 Å². The van der Waals surface area contributed by atoms with Crippen LogP contribution in [-0.4, -0.2) is 23.6 Å². The topological polar surface area (TPSA) is 33.6 Å². The number of amidine groups is 1. The number of nitrogens with zero attached hydrogens (tertiary/aromatic N) is 1. The Kier molecular flexibility index (Phi) is 4.36. The Morgan fingerprint density at radius 1 is 1.29 bits per heavy atom. The molecule has 1 N–H and O–H groups in total. The van der Waals surface area contributed by atoms with Gasteiger partial charge in [-0.1, -0.05) is 42.6 Å². The SMILES string of the molecule is COc1cc(Cl)c(C)cc1NC1=NC2(CCCCC2)CS1. The number of methoxy groups -OCH3 is 1. The monoisotopic (exact) mass is 324 g/mol. The largest absolute Gasteiger partial charge is 0.495 e. The maximum absolute atomic E-state index is 6.15. The highest BCUT2D eigenvalue weighted by molar-refractivity contribution is 8.14. The van der Waals surface area contributed by atoms with Gasteiger partial charge in [0.25, 0.3) is 0 Å². The number of hydrogen-bond acceptors (Lipinski definition) is 4. The minimum atomic E-state index is 0.181. The number of halogens is 1. The van der Waals surface area contributed by atoms with Crippen LogP contribution in [-0.2, 0) is 0 Å². The smallest absolute Gasteiger partial charge is 0.161 e. The lowest BCUT2D eigenvalue weighted by atomic mass is 9.84. The summed E-state index contributed by atoms with van der Waals surface area (Å²) in [5, 5.41) is 5.16. The first-order chi connectivity index (χ1) is 10.1. The molecule has 0 atom stereocenters. The molecule has 0 radical (unpaired) electrons. The molecule has 1 aliphatic heterocycles. The average molecular weight is 325 g/mol. The predicted octanol–water partition coefficient (Wildman–Crippen LogP) is 4.87. The average Bonchev–Trinajstić information content (AvgIpc) is 2.86. The molecule has 2 aliphatic rings. The lowest BCUT2D eigenvalue weighted by Crippen LogP contribution is -2.29. The van der Waals surface area contributed by atoms with Crippen molar-refractivity contribution in [3.8, 4) is 5.75 Å². The van der Waals surface area contributed by atoms with E-state index in [0.29, 0.717) is 0 Å². The van der Waals surface area contributed by atoms with Gasteiger partial charge in [-0.3, -0.25) is 4.99 Å². The number of aliphatic imine (C=N–C) groups is 1. The van der Waals surface area contributed by atoms with E-state index in [1.165, 1.54) is 32.1 Å². The molecule has 1 saturated carbocycles. The van der Waals surface area contributed by atoms with Crippen LogP contribution in [0.3, 0.4) is 0 Å². The van der Waals surface area contributed by atoms with Crippen molar-refractivity contribution in [3.63, 3.8) is 0 Å². The van der Waals surface area contributed by atoms with Gasteiger partial charge in [-0.2, -0.15) is 0 Å². The summed E-state index contributed by atoms with van der Waals surface area (Å²) in [7, 11) is 1.67. The standard InChI is InChI=1S/C16H21ClN2OS/c1-11-8-13(14(20-2)9-12(11)17)18-15-19-16(10-21-15)6-4-3-5-7-16/h8-9H,3-7,10H2,1-2H3,(H,18,19). The Balaban J connectivity index is 1.81. The van der Waals surface area contributed by atoms with Crippen LogP contribution >= 0.6 is 23.4 Å². The van der Waals surface area contributed by atoms with Crippen molar-refractivity contribution < 1.29 is 4.74 Å². The summed E-state index contributed by atoms with van der Waals surface area (Å²) in [6, 6.07) is 3.88. The molecule has 1 aliphatic carbocycles.